The average molecular weight is 307 g/mol. The number of amides is 2. The largest absolute Gasteiger partial charge is 0.338 e. The molecule has 2 rings (SSSR count). The number of carbonyl (C=O) groups excluding carboxylic acids is 1. The van der Waals surface area contributed by atoms with Crippen LogP contribution in [0.4, 0.5) is 9.18 Å². The minimum atomic E-state index is -0.310. The molecule has 21 heavy (non-hydrogen) atoms. The summed E-state index contributed by atoms with van der Waals surface area (Å²) in [6.07, 6.45) is 0.702. The van der Waals surface area contributed by atoms with Crippen molar-refractivity contribution in [2.75, 3.05) is 6.54 Å². The van der Waals surface area contributed by atoms with Crippen molar-refractivity contribution in [3.05, 3.63) is 70.5 Å². The van der Waals surface area contributed by atoms with Crippen LogP contribution in [0.1, 0.15) is 11.1 Å². The van der Waals surface area contributed by atoms with Gasteiger partial charge in [0.1, 0.15) is 5.82 Å². The zero-order valence-corrected chi connectivity index (χ0v) is 12.2. The first-order valence-electron chi connectivity index (χ1n) is 6.64. The Morgan fingerprint density at radius 2 is 1.81 bits per heavy atom. The average Bonchev–Trinajstić information content (AvgIpc) is 2.45. The van der Waals surface area contributed by atoms with Crippen LogP contribution in [0.25, 0.3) is 0 Å². The molecule has 0 spiro atoms. The predicted molar refractivity (Wildman–Crippen MR) is 81.8 cm³/mol. The normalized spacial score (nSPS) is 10.2. The summed E-state index contributed by atoms with van der Waals surface area (Å²) >= 11 is 5.89. The molecular formula is C16H16ClFN2O. The lowest BCUT2D eigenvalue weighted by Crippen LogP contribution is -2.36. The standard InChI is InChI=1S/C16H16ClFN2O/c17-14-5-1-3-12(9-14)7-8-19-16(21)20-11-13-4-2-6-15(18)10-13/h1-6,9-10H,7-8,11H2,(H2,19,20,21). The second kappa shape index (κ2) is 7.64. The molecule has 5 heteroatoms. The van der Waals surface area contributed by atoms with Crippen molar-refractivity contribution in [2.45, 2.75) is 13.0 Å². The van der Waals surface area contributed by atoms with Crippen LogP contribution in [0.3, 0.4) is 0 Å². The number of hydrogen-bond donors (Lipinski definition) is 2. The summed E-state index contributed by atoms with van der Waals surface area (Å²) in [6.45, 7) is 0.802. The van der Waals surface area contributed by atoms with E-state index < -0.39 is 0 Å². The number of urea groups is 1. The number of halogens is 2. The van der Waals surface area contributed by atoms with Gasteiger partial charge in [-0.25, -0.2) is 9.18 Å². The highest BCUT2D eigenvalue weighted by atomic mass is 35.5. The highest BCUT2D eigenvalue weighted by Gasteiger charge is 2.01. The van der Waals surface area contributed by atoms with Gasteiger partial charge in [0.2, 0.25) is 0 Å². The Morgan fingerprint density at radius 1 is 1.05 bits per heavy atom. The molecular weight excluding hydrogens is 291 g/mol. The Bertz CT molecular complexity index is 619. The van der Waals surface area contributed by atoms with Crippen LogP contribution >= 0.6 is 11.6 Å². The predicted octanol–water partition coefficient (Wildman–Crippen LogP) is 3.52. The molecule has 2 aromatic carbocycles. The molecule has 2 N–H and O–H groups in total. The fourth-order valence-corrected chi connectivity index (χ4v) is 2.12. The summed E-state index contributed by atoms with van der Waals surface area (Å²) in [4.78, 5) is 11.6. The summed E-state index contributed by atoms with van der Waals surface area (Å²) in [5.74, 6) is -0.310. The smallest absolute Gasteiger partial charge is 0.315 e. The lowest BCUT2D eigenvalue weighted by Gasteiger charge is -2.08. The SMILES string of the molecule is O=C(NCCc1cccc(Cl)c1)NCc1cccc(F)c1. The third kappa shape index (κ3) is 5.44. The van der Waals surface area contributed by atoms with Gasteiger partial charge < -0.3 is 10.6 Å². The molecule has 0 fully saturated rings. The van der Waals surface area contributed by atoms with Gasteiger partial charge in [-0.3, -0.25) is 0 Å². The van der Waals surface area contributed by atoms with Gasteiger partial charge in [-0.1, -0.05) is 35.9 Å². The van der Waals surface area contributed by atoms with Crippen molar-refractivity contribution in [1.29, 1.82) is 0 Å². The molecule has 0 unspecified atom stereocenters. The van der Waals surface area contributed by atoms with Crippen molar-refractivity contribution in [2.24, 2.45) is 0 Å². The fraction of sp³-hybridized carbons (Fsp3) is 0.188. The van der Waals surface area contributed by atoms with E-state index in [-0.39, 0.29) is 11.8 Å². The first kappa shape index (κ1) is 15.3. The Hall–Kier alpha value is -2.07. The lowest BCUT2D eigenvalue weighted by atomic mass is 10.1. The summed E-state index contributed by atoms with van der Waals surface area (Å²) < 4.78 is 13.0. The third-order valence-electron chi connectivity index (χ3n) is 2.93. The van der Waals surface area contributed by atoms with Gasteiger partial charge in [0.25, 0.3) is 0 Å². The van der Waals surface area contributed by atoms with Crippen molar-refractivity contribution in [3.8, 4) is 0 Å². The van der Waals surface area contributed by atoms with Crippen molar-refractivity contribution >= 4 is 17.6 Å². The van der Waals surface area contributed by atoms with Crippen LogP contribution in [-0.2, 0) is 13.0 Å². The van der Waals surface area contributed by atoms with E-state index in [1.54, 1.807) is 12.1 Å². The van der Waals surface area contributed by atoms with Gasteiger partial charge in [-0.2, -0.15) is 0 Å². The highest BCUT2D eigenvalue weighted by molar-refractivity contribution is 6.30. The molecule has 0 saturated carbocycles. The van der Waals surface area contributed by atoms with Gasteiger partial charge in [0.15, 0.2) is 0 Å². The van der Waals surface area contributed by atoms with E-state index in [1.807, 2.05) is 24.3 Å². The molecule has 0 aliphatic rings. The maximum atomic E-state index is 13.0. The zero-order valence-electron chi connectivity index (χ0n) is 11.4. The Morgan fingerprint density at radius 3 is 2.57 bits per heavy atom. The van der Waals surface area contributed by atoms with E-state index >= 15 is 0 Å². The maximum Gasteiger partial charge on any atom is 0.315 e. The van der Waals surface area contributed by atoms with E-state index in [1.165, 1.54) is 12.1 Å². The third-order valence-corrected chi connectivity index (χ3v) is 3.17. The first-order chi connectivity index (χ1) is 10.1. The maximum absolute atomic E-state index is 13.0. The molecule has 0 aliphatic carbocycles. The first-order valence-corrected chi connectivity index (χ1v) is 7.02. The quantitative estimate of drug-likeness (QED) is 0.872. The minimum absolute atomic E-state index is 0.277. The summed E-state index contributed by atoms with van der Waals surface area (Å²) in [5, 5.41) is 6.11. The van der Waals surface area contributed by atoms with Crippen LogP contribution in [-0.4, -0.2) is 12.6 Å². The number of nitrogens with one attached hydrogen (secondary N) is 2. The molecule has 0 bridgehead atoms. The lowest BCUT2D eigenvalue weighted by molar-refractivity contribution is 0.240. The van der Waals surface area contributed by atoms with Gasteiger partial charge in [0, 0.05) is 18.1 Å². The minimum Gasteiger partial charge on any atom is -0.338 e. The molecule has 2 amide bonds. The van der Waals surface area contributed by atoms with Crippen molar-refractivity contribution < 1.29 is 9.18 Å². The molecule has 0 heterocycles. The Labute approximate surface area is 128 Å². The Kier molecular flexibility index (Phi) is 5.58. The van der Waals surface area contributed by atoms with Crippen molar-refractivity contribution in [3.63, 3.8) is 0 Å². The second-order valence-corrected chi connectivity index (χ2v) is 5.06. The van der Waals surface area contributed by atoms with Crippen LogP contribution in [0, 0.1) is 5.82 Å². The van der Waals surface area contributed by atoms with Gasteiger partial charge in [-0.15, -0.1) is 0 Å². The molecule has 0 aliphatic heterocycles. The van der Waals surface area contributed by atoms with E-state index in [4.69, 9.17) is 11.6 Å². The second-order valence-electron chi connectivity index (χ2n) is 4.62. The topological polar surface area (TPSA) is 41.1 Å². The summed E-state index contributed by atoms with van der Waals surface area (Å²) in [7, 11) is 0. The van der Waals surface area contributed by atoms with E-state index in [0.29, 0.717) is 24.5 Å². The number of carbonyl (C=O) groups is 1. The fourth-order valence-electron chi connectivity index (χ4n) is 1.90. The van der Waals surface area contributed by atoms with Gasteiger partial charge in [0.05, 0.1) is 0 Å². The highest BCUT2D eigenvalue weighted by Crippen LogP contribution is 2.10. The van der Waals surface area contributed by atoms with Crippen LogP contribution in [0.2, 0.25) is 5.02 Å². The van der Waals surface area contributed by atoms with Crippen molar-refractivity contribution in [1.82, 2.24) is 10.6 Å². The van der Waals surface area contributed by atoms with Crippen LogP contribution in [0.15, 0.2) is 48.5 Å². The van der Waals surface area contributed by atoms with E-state index in [0.717, 1.165) is 11.1 Å². The van der Waals surface area contributed by atoms with E-state index in [2.05, 4.69) is 10.6 Å². The number of rotatable bonds is 5. The monoisotopic (exact) mass is 306 g/mol. The summed E-state index contributed by atoms with van der Waals surface area (Å²) in [5.41, 5.74) is 1.79. The number of hydrogen-bond acceptors (Lipinski definition) is 1. The van der Waals surface area contributed by atoms with E-state index in [9.17, 15) is 9.18 Å². The Balaban J connectivity index is 1.70. The molecule has 0 atom stereocenters. The molecule has 0 saturated heterocycles. The molecule has 3 nitrogen and oxygen atoms in total. The molecule has 0 aromatic heterocycles. The van der Waals surface area contributed by atoms with Crippen LogP contribution in [0.5, 0.6) is 0 Å². The van der Waals surface area contributed by atoms with Gasteiger partial charge in [-0.05, 0) is 41.8 Å². The number of benzene rings is 2. The molecule has 2 aromatic rings. The summed E-state index contributed by atoms with van der Waals surface area (Å²) in [6, 6.07) is 13.4. The van der Waals surface area contributed by atoms with Crippen LogP contribution < -0.4 is 10.6 Å². The van der Waals surface area contributed by atoms with Gasteiger partial charge >= 0.3 is 6.03 Å². The zero-order chi connectivity index (χ0) is 15.1. The molecule has 0 radical (unpaired) electrons. The molecule has 110 valence electrons.